The molecule has 1 N–H and O–H groups in total. The van der Waals surface area contributed by atoms with Crippen molar-refractivity contribution in [1.82, 2.24) is 19.4 Å². The number of aryl methyl sites for hydroxylation is 1. The van der Waals surface area contributed by atoms with Crippen LogP contribution in [0.2, 0.25) is 0 Å². The lowest BCUT2D eigenvalue weighted by atomic mass is 9.88. The molecule has 3 aromatic heterocycles. The molecule has 12 heteroatoms. The van der Waals surface area contributed by atoms with Crippen molar-refractivity contribution in [2.45, 2.75) is 46.5 Å². The highest BCUT2D eigenvalue weighted by molar-refractivity contribution is 5.73. The van der Waals surface area contributed by atoms with Crippen molar-refractivity contribution in [2.24, 2.45) is 5.41 Å². The SMILES string of the molecule is Cc1nc2ccc(-c3cnc(N4CCOCC4)nc3)cn2c1C(OC(C(=O)O)C(C)(C)C)c1ccccc1OC(F)F. The molecule has 0 spiro atoms. The second-order valence-electron chi connectivity index (χ2n) is 11.1. The number of morpholine rings is 1. The first-order valence-corrected chi connectivity index (χ1v) is 13.6. The van der Waals surface area contributed by atoms with Gasteiger partial charge in [0, 0.05) is 48.4 Å². The van der Waals surface area contributed by atoms with Crippen LogP contribution in [-0.4, -0.2) is 69.4 Å². The number of aromatic nitrogens is 4. The van der Waals surface area contributed by atoms with Crippen molar-refractivity contribution >= 4 is 17.6 Å². The number of halogens is 2. The number of anilines is 1. The average Bonchev–Trinajstić information content (AvgIpc) is 3.28. The molecule has 2 unspecified atom stereocenters. The van der Waals surface area contributed by atoms with Crippen molar-refractivity contribution < 1.29 is 32.9 Å². The summed E-state index contributed by atoms with van der Waals surface area (Å²) in [6.07, 6.45) is 2.92. The van der Waals surface area contributed by atoms with Gasteiger partial charge in [0.05, 0.1) is 24.6 Å². The van der Waals surface area contributed by atoms with Gasteiger partial charge >= 0.3 is 12.6 Å². The van der Waals surface area contributed by atoms with Gasteiger partial charge in [-0.3, -0.25) is 0 Å². The number of para-hydroxylation sites is 1. The first-order chi connectivity index (χ1) is 20.0. The normalized spacial score (nSPS) is 15.6. The number of ether oxygens (including phenoxy) is 3. The fourth-order valence-corrected chi connectivity index (χ4v) is 5.02. The summed E-state index contributed by atoms with van der Waals surface area (Å²) in [5.41, 5.74) is 2.56. The Morgan fingerprint density at radius 3 is 2.38 bits per heavy atom. The number of rotatable bonds is 9. The third-order valence-corrected chi connectivity index (χ3v) is 7.05. The van der Waals surface area contributed by atoms with Gasteiger partial charge < -0.3 is 28.6 Å². The predicted octanol–water partition coefficient (Wildman–Crippen LogP) is 5.14. The molecule has 0 saturated carbocycles. The van der Waals surface area contributed by atoms with Crippen molar-refractivity contribution in [3.05, 3.63) is 71.9 Å². The molecular formula is C30H33F2N5O5. The third kappa shape index (κ3) is 6.19. The first kappa shape index (κ1) is 29.3. The molecule has 5 rings (SSSR count). The van der Waals surface area contributed by atoms with Crippen LogP contribution in [0, 0.1) is 12.3 Å². The summed E-state index contributed by atoms with van der Waals surface area (Å²) in [5.74, 6) is -0.675. The molecular weight excluding hydrogens is 548 g/mol. The van der Waals surface area contributed by atoms with Crippen LogP contribution >= 0.6 is 0 Å². The Morgan fingerprint density at radius 2 is 1.74 bits per heavy atom. The van der Waals surface area contributed by atoms with E-state index in [4.69, 9.17) is 14.2 Å². The van der Waals surface area contributed by atoms with E-state index in [-0.39, 0.29) is 11.3 Å². The van der Waals surface area contributed by atoms with Crippen molar-refractivity contribution in [2.75, 3.05) is 31.2 Å². The molecule has 4 aromatic rings. The smallest absolute Gasteiger partial charge is 0.387 e. The Morgan fingerprint density at radius 1 is 1.05 bits per heavy atom. The van der Waals surface area contributed by atoms with E-state index in [1.807, 2.05) is 18.3 Å². The first-order valence-electron chi connectivity index (χ1n) is 13.6. The van der Waals surface area contributed by atoms with E-state index in [2.05, 4.69) is 19.9 Å². The van der Waals surface area contributed by atoms with Gasteiger partial charge in [-0.25, -0.2) is 19.7 Å². The van der Waals surface area contributed by atoms with Gasteiger partial charge in [0.25, 0.3) is 0 Å². The minimum Gasteiger partial charge on any atom is -0.479 e. The predicted molar refractivity (Wildman–Crippen MR) is 151 cm³/mol. The fourth-order valence-electron chi connectivity index (χ4n) is 5.02. The standard InChI is InChI=1S/C30H33F2N5O5/c1-18-24(25(42-26(27(38)39)30(2,3)4)21-7-5-6-8-22(21)41-28(31)32)37-17-19(9-10-23(37)35-18)20-15-33-29(34-16-20)36-11-13-40-14-12-36/h5-10,15-17,25-26,28H,11-14H2,1-4H3,(H,38,39). The maximum atomic E-state index is 13.4. The van der Waals surface area contributed by atoms with E-state index in [0.717, 1.165) is 11.1 Å². The zero-order chi connectivity index (χ0) is 30.0. The lowest BCUT2D eigenvalue weighted by Gasteiger charge is -2.32. The van der Waals surface area contributed by atoms with Gasteiger partial charge in [-0.1, -0.05) is 39.0 Å². The molecule has 10 nitrogen and oxygen atoms in total. The minimum atomic E-state index is -3.08. The van der Waals surface area contributed by atoms with E-state index >= 15 is 0 Å². The number of alkyl halides is 2. The molecule has 4 heterocycles. The average molecular weight is 582 g/mol. The maximum Gasteiger partial charge on any atom is 0.387 e. The van der Waals surface area contributed by atoms with Crippen molar-refractivity contribution in [3.63, 3.8) is 0 Å². The highest BCUT2D eigenvalue weighted by Crippen LogP contribution is 2.39. The second kappa shape index (κ2) is 12.0. The molecule has 222 valence electrons. The molecule has 1 aliphatic rings. The van der Waals surface area contributed by atoms with Gasteiger partial charge in [0.2, 0.25) is 5.95 Å². The summed E-state index contributed by atoms with van der Waals surface area (Å²) in [4.78, 5) is 28.2. The monoisotopic (exact) mass is 581 g/mol. The summed E-state index contributed by atoms with van der Waals surface area (Å²) in [5, 5.41) is 10.1. The minimum absolute atomic E-state index is 0.117. The summed E-state index contributed by atoms with van der Waals surface area (Å²) in [6, 6.07) is 9.92. The van der Waals surface area contributed by atoms with Gasteiger partial charge in [0.1, 0.15) is 17.5 Å². The van der Waals surface area contributed by atoms with E-state index in [1.165, 1.54) is 6.07 Å². The number of benzene rings is 1. The van der Waals surface area contributed by atoms with E-state index < -0.39 is 30.2 Å². The molecule has 0 aliphatic carbocycles. The van der Waals surface area contributed by atoms with E-state index in [1.54, 1.807) is 62.7 Å². The molecule has 1 aliphatic heterocycles. The number of aliphatic carboxylic acids is 1. The lowest BCUT2D eigenvalue weighted by Crippen LogP contribution is -2.38. The van der Waals surface area contributed by atoms with Gasteiger partial charge in [-0.05, 0) is 30.5 Å². The zero-order valence-corrected chi connectivity index (χ0v) is 23.8. The largest absolute Gasteiger partial charge is 0.479 e. The number of carbonyl (C=O) groups is 1. The molecule has 0 amide bonds. The Bertz CT molecular complexity index is 1550. The fraction of sp³-hybridized carbons (Fsp3) is 0.400. The molecule has 1 fully saturated rings. The Hall–Kier alpha value is -4.16. The number of nitrogens with zero attached hydrogens (tertiary/aromatic N) is 5. The molecule has 1 saturated heterocycles. The van der Waals surface area contributed by atoms with Gasteiger partial charge in [-0.15, -0.1) is 0 Å². The van der Waals surface area contributed by atoms with Crippen LogP contribution in [0.4, 0.5) is 14.7 Å². The summed E-state index contributed by atoms with van der Waals surface area (Å²) >= 11 is 0. The second-order valence-corrected chi connectivity index (χ2v) is 11.1. The van der Waals surface area contributed by atoms with Crippen LogP contribution in [0.5, 0.6) is 5.75 Å². The summed E-state index contributed by atoms with van der Waals surface area (Å²) < 4.78 is 45.2. The molecule has 0 radical (unpaired) electrons. The van der Waals surface area contributed by atoms with Crippen molar-refractivity contribution in [1.29, 1.82) is 0 Å². The van der Waals surface area contributed by atoms with Gasteiger partial charge in [0.15, 0.2) is 6.10 Å². The Balaban J connectivity index is 1.61. The summed E-state index contributed by atoms with van der Waals surface area (Å²) in [7, 11) is 0. The number of hydrogen-bond donors (Lipinski definition) is 1. The topological polar surface area (TPSA) is 111 Å². The zero-order valence-electron chi connectivity index (χ0n) is 23.8. The lowest BCUT2D eigenvalue weighted by molar-refractivity contribution is -0.162. The van der Waals surface area contributed by atoms with Crippen LogP contribution in [0.15, 0.2) is 55.0 Å². The van der Waals surface area contributed by atoms with Gasteiger partial charge in [-0.2, -0.15) is 8.78 Å². The van der Waals surface area contributed by atoms with E-state index in [9.17, 15) is 18.7 Å². The highest BCUT2D eigenvalue weighted by atomic mass is 19.3. The number of pyridine rings is 1. The quantitative estimate of drug-likeness (QED) is 0.287. The van der Waals surface area contributed by atoms with Crippen LogP contribution in [0.1, 0.15) is 43.8 Å². The number of fused-ring (bicyclic) bond motifs is 1. The highest BCUT2D eigenvalue weighted by Gasteiger charge is 2.38. The molecule has 1 aromatic carbocycles. The number of carboxylic acid groups (broad SMARTS) is 1. The Kier molecular flexibility index (Phi) is 8.37. The molecule has 0 bridgehead atoms. The number of imidazole rings is 1. The van der Waals surface area contributed by atoms with Crippen molar-refractivity contribution in [3.8, 4) is 16.9 Å². The van der Waals surface area contributed by atoms with Crippen LogP contribution < -0.4 is 9.64 Å². The number of hydrogen-bond acceptors (Lipinski definition) is 8. The molecule has 2 atom stereocenters. The molecule has 42 heavy (non-hydrogen) atoms. The third-order valence-electron chi connectivity index (χ3n) is 7.05. The maximum absolute atomic E-state index is 13.4. The Labute approximate surface area is 241 Å². The van der Waals surface area contributed by atoms with Crippen LogP contribution in [-0.2, 0) is 14.3 Å². The van der Waals surface area contributed by atoms with E-state index in [0.29, 0.717) is 49.3 Å². The number of carboxylic acids is 1. The summed E-state index contributed by atoms with van der Waals surface area (Å²) in [6.45, 7) is 6.58. The van der Waals surface area contributed by atoms with Crippen LogP contribution in [0.25, 0.3) is 16.8 Å². The van der Waals surface area contributed by atoms with Crippen LogP contribution in [0.3, 0.4) is 0 Å².